The molecule has 3 aromatic rings. The molecule has 2 amide bonds. The molecule has 2 aliphatic rings. The summed E-state index contributed by atoms with van der Waals surface area (Å²) in [7, 11) is 1.89. The molecule has 204 valence electrons. The summed E-state index contributed by atoms with van der Waals surface area (Å²) in [6, 6.07) is 2.45. The van der Waals surface area contributed by atoms with Crippen LogP contribution in [0.3, 0.4) is 0 Å². The van der Waals surface area contributed by atoms with Gasteiger partial charge in [-0.1, -0.05) is 11.6 Å². The fourth-order valence-electron chi connectivity index (χ4n) is 4.61. The van der Waals surface area contributed by atoms with Crippen molar-refractivity contribution >= 4 is 34.8 Å². The maximum absolute atomic E-state index is 14.3. The molecule has 2 atom stereocenters. The number of likely N-dealkylation sites (N-methyl/N-ethyl adjacent to an activating group) is 1. The van der Waals surface area contributed by atoms with Crippen molar-refractivity contribution in [1.82, 2.24) is 24.5 Å². The van der Waals surface area contributed by atoms with Gasteiger partial charge in [-0.2, -0.15) is 32.0 Å². The van der Waals surface area contributed by atoms with Gasteiger partial charge in [-0.3, -0.25) is 10.2 Å². The number of carbonyl (C=O) groups is 1. The van der Waals surface area contributed by atoms with Crippen molar-refractivity contribution in [2.75, 3.05) is 36.9 Å². The fraction of sp³-hybridized carbons (Fsp3) is 0.455. The lowest BCUT2D eigenvalue weighted by Crippen LogP contribution is -2.46. The summed E-state index contributed by atoms with van der Waals surface area (Å²) in [4.78, 5) is 24.3. The maximum Gasteiger partial charge on any atom is 0.401 e. The van der Waals surface area contributed by atoms with Gasteiger partial charge in [0, 0.05) is 37.8 Å². The molecule has 0 unspecified atom stereocenters. The molecule has 1 fully saturated rings. The number of nitrogens with one attached hydrogen (secondary N) is 1. The highest BCUT2D eigenvalue weighted by Gasteiger charge is 2.60. The fourth-order valence-corrected chi connectivity index (χ4v) is 4.78. The van der Waals surface area contributed by atoms with Crippen molar-refractivity contribution in [1.29, 1.82) is 0 Å². The number of likely N-dealkylation sites (tertiary alicyclic amines) is 1. The molecule has 3 aromatic heterocycles. The third kappa shape index (κ3) is 4.75. The quantitative estimate of drug-likeness (QED) is 0.463. The number of halogens is 6. The number of anilines is 2. The van der Waals surface area contributed by atoms with Crippen molar-refractivity contribution in [2.24, 2.45) is 0 Å². The van der Waals surface area contributed by atoms with E-state index in [4.69, 9.17) is 16.3 Å². The molecule has 16 heteroatoms. The van der Waals surface area contributed by atoms with Gasteiger partial charge in [-0.05, 0) is 20.4 Å². The van der Waals surface area contributed by atoms with Gasteiger partial charge in [0.25, 0.3) is 0 Å². The number of carbonyl (C=O) groups excluding carboxylic acids is 1. The molecule has 0 bridgehead atoms. The molecule has 2 aliphatic heterocycles. The minimum atomic E-state index is -4.78. The average Bonchev–Trinajstić information content (AvgIpc) is 3.47. The van der Waals surface area contributed by atoms with Crippen LogP contribution < -0.4 is 19.7 Å². The third-order valence-corrected chi connectivity index (χ3v) is 6.65. The number of hydrogen-bond donors (Lipinski definition) is 1. The first-order chi connectivity index (χ1) is 17.8. The number of alkyl halides is 5. The molecule has 0 saturated carbocycles. The summed E-state index contributed by atoms with van der Waals surface area (Å²) < 4.78 is 79.9. The van der Waals surface area contributed by atoms with Crippen LogP contribution >= 0.6 is 11.6 Å². The standard InChI is InChI=1S/C22H21ClF5N7O3/c1-21(22(26,27)28)10-34(13-8-29-16-7-14(23)32-35(16)18(13)21)20(36)31-15-5-12(38-19(24)25)6-17(30-15)37-11-3-4-33(2)9-11/h5-8,11,19H,3-4,9-10H2,1-2H3,(H,30,31,36)/t11-,21+/m0/s1. The number of nitrogens with zero attached hydrogens (tertiary/aromatic N) is 6. The van der Waals surface area contributed by atoms with Gasteiger partial charge in [0.05, 0.1) is 17.6 Å². The van der Waals surface area contributed by atoms with E-state index >= 15 is 0 Å². The molecule has 0 aromatic carbocycles. The summed E-state index contributed by atoms with van der Waals surface area (Å²) in [6.45, 7) is -1.70. The van der Waals surface area contributed by atoms with Crippen molar-refractivity contribution < 1.29 is 36.2 Å². The first kappa shape index (κ1) is 26.2. The highest BCUT2D eigenvalue weighted by atomic mass is 35.5. The Balaban J connectivity index is 1.47. The second kappa shape index (κ2) is 9.38. The number of rotatable bonds is 5. The SMILES string of the molecule is CN1CC[C@H](Oc2cc(OC(F)F)cc(NC(=O)N3C[C@@](C)(C(F)(F)F)c4c3cnc3cc(Cl)nn43)n2)C1. The zero-order valence-electron chi connectivity index (χ0n) is 20.0. The molecule has 38 heavy (non-hydrogen) atoms. The number of aromatic nitrogens is 4. The van der Waals surface area contributed by atoms with Crippen LogP contribution in [0.25, 0.3) is 5.65 Å². The van der Waals surface area contributed by atoms with Gasteiger partial charge >= 0.3 is 18.8 Å². The zero-order valence-corrected chi connectivity index (χ0v) is 20.7. The van der Waals surface area contributed by atoms with Crippen molar-refractivity contribution in [2.45, 2.75) is 37.7 Å². The molecular weight excluding hydrogens is 541 g/mol. The second-order valence-corrected chi connectivity index (χ2v) is 9.66. The second-order valence-electron chi connectivity index (χ2n) is 9.27. The number of fused-ring (bicyclic) bond motifs is 3. The number of hydrogen-bond acceptors (Lipinski definition) is 7. The lowest BCUT2D eigenvalue weighted by molar-refractivity contribution is -0.181. The number of ether oxygens (including phenoxy) is 2. The van der Waals surface area contributed by atoms with Gasteiger partial charge in [0.2, 0.25) is 5.88 Å². The molecular formula is C22H21ClF5N7O3. The van der Waals surface area contributed by atoms with Crippen molar-refractivity contribution in [3.05, 3.63) is 35.2 Å². The first-order valence-electron chi connectivity index (χ1n) is 11.4. The molecule has 0 spiro atoms. The highest BCUT2D eigenvalue weighted by molar-refractivity contribution is 6.29. The van der Waals surface area contributed by atoms with Crippen LogP contribution in [-0.2, 0) is 5.41 Å². The molecule has 1 saturated heterocycles. The Morgan fingerprint density at radius 3 is 2.71 bits per heavy atom. The van der Waals surface area contributed by atoms with Gasteiger partial charge < -0.3 is 14.4 Å². The van der Waals surface area contributed by atoms with Crippen LogP contribution in [0.5, 0.6) is 11.6 Å². The Morgan fingerprint density at radius 2 is 2.05 bits per heavy atom. The number of pyridine rings is 1. The molecule has 5 heterocycles. The van der Waals surface area contributed by atoms with Crippen LogP contribution in [0.2, 0.25) is 5.15 Å². The van der Waals surface area contributed by atoms with Crippen LogP contribution in [0.15, 0.2) is 24.4 Å². The van der Waals surface area contributed by atoms with Gasteiger partial charge in [0.1, 0.15) is 23.1 Å². The van der Waals surface area contributed by atoms with E-state index in [2.05, 4.69) is 25.1 Å². The maximum atomic E-state index is 14.3. The smallest absolute Gasteiger partial charge is 0.401 e. The normalized spacial score (nSPS) is 21.8. The van der Waals surface area contributed by atoms with E-state index in [1.165, 1.54) is 6.07 Å². The minimum Gasteiger partial charge on any atom is -0.473 e. The van der Waals surface area contributed by atoms with E-state index in [1.807, 2.05) is 11.9 Å². The Labute approximate surface area is 217 Å². The van der Waals surface area contributed by atoms with E-state index in [0.29, 0.717) is 13.0 Å². The lowest BCUT2D eigenvalue weighted by Gasteiger charge is -2.28. The average molecular weight is 562 g/mol. The Bertz CT molecular complexity index is 1390. The summed E-state index contributed by atoms with van der Waals surface area (Å²) in [5.41, 5.74) is -2.92. The van der Waals surface area contributed by atoms with E-state index in [1.54, 1.807) is 0 Å². The van der Waals surface area contributed by atoms with E-state index < -0.39 is 30.8 Å². The minimum absolute atomic E-state index is 0.0700. The lowest BCUT2D eigenvalue weighted by atomic mass is 9.88. The summed E-state index contributed by atoms with van der Waals surface area (Å²) in [5.74, 6) is -0.689. The largest absolute Gasteiger partial charge is 0.473 e. The van der Waals surface area contributed by atoms with Crippen LogP contribution in [0, 0.1) is 0 Å². The summed E-state index contributed by atoms with van der Waals surface area (Å²) in [6.07, 6.45) is -3.26. The predicted molar refractivity (Wildman–Crippen MR) is 125 cm³/mol. The Hall–Kier alpha value is -3.46. The first-order valence-corrected chi connectivity index (χ1v) is 11.7. The van der Waals surface area contributed by atoms with Crippen LogP contribution in [0.4, 0.5) is 38.3 Å². The van der Waals surface area contributed by atoms with Crippen molar-refractivity contribution in [3.8, 4) is 11.6 Å². The molecule has 10 nitrogen and oxygen atoms in total. The predicted octanol–water partition coefficient (Wildman–Crippen LogP) is 4.33. The highest BCUT2D eigenvalue weighted by Crippen LogP contribution is 2.50. The molecule has 0 aliphatic carbocycles. The van der Waals surface area contributed by atoms with Crippen molar-refractivity contribution in [3.63, 3.8) is 0 Å². The monoisotopic (exact) mass is 561 g/mol. The van der Waals surface area contributed by atoms with Gasteiger partial charge in [-0.25, -0.2) is 14.3 Å². The molecule has 1 N–H and O–H groups in total. The summed E-state index contributed by atoms with van der Waals surface area (Å²) >= 11 is 5.90. The zero-order chi connectivity index (χ0) is 27.4. The topological polar surface area (TPSA) is 97.1 Å². The van der Waals surface area contributed by atoms with Gasteiger partial charge in [-0.15, -0.1) is 0 Å². The van der Waals surface area contributed by atoms with Crippen LogP contribution in [-0.4, -0.2) is 76.1 Å². The molecule has 5 rings (SSSR count). The van der Waals surface area contributed by atoms with Crippen LogP contribution in [0.1, 0.15) is 19.0 Å². The molecule has 0 radical (unpaired) electrons. The number of amides is 2. The van der Waals surface area contributed by atoms with E-state index in [0.717, 1.165) is 41.2 Å². The summed E-state index contributed by atoms with van der Waals surface area (Å²) in [5, 5.41) is 6.21. The Kier molecular flexibility index (Phi) is 6.46. The number of urea groups is 1. The van der Waals surface area contributed by atoms with E-state index in [9.17, 15) is 26.7 Å². The Morgan fingerprint density at radius 1 is 1.29 bits per heavy atom. The third-order valence-electron chi connectivity index (χ3n) is 6.46. The van der Waals surface area contributed by atoms with E-state index in [-0.39, 0.29) is 45.7 Å². The van der Waals surface area contributed by atoms with Gasteiger partial charge in [0.15, 0.2) is 10.8 Å².